The van der Waals surface area contributed by atoms with Crippen LogP contribution in [0.5, 0.6) is 5.75 Å². The summed E-state index contributed by atoms with van der Waals surface area (Å²) in [4.78, 5) is 13.7. The lowest BCUT2D eigenvalue weighted by molar-refractivity contribution is -0.143. The molecule has 0 saturated carbocycles. The Morgan fingerprint density at radius 3 is 2.78 bits per heavy atom. The predicted molar refractivity (Wildman–Crippen MR) is 111 cm³/mol. The molecule has 2 unspecified atom stereocenters. The number of likely N-dealkylation sites (tertiary alicyclic amines) is 1. The van der Waals surface area contributed by atoms with Crippen molar-refractivity contribution in [3.63, 3.8) is 0 Å². The number of carboxylic acid groups (broad SMARTS) is 1. The molecule has 1 saturated heterocycles. The standard InChI is InChI=1S/C20H20BrCl2NO3/c1-27-17-8-7-13(21)10-15(17)19(14-5-2-6-16(22)18(14)23)24-9-3-4-12(11-24)20(25)26/h2,5-8,10,12,19H,3-4,9,11H2,1H3,(H,25,26). The third-order valence-electron chi connectivity index (χ3n) is 4.93. The van der Waals surface area contributed by atoms with Crippen LogP contribution in [0.3, 0.4) is 0 Å². The van der Waals surface area contributed by atoms with Gasteiger partial charge in [-0.2, -0.15) is 0 Å². The molecule has 0 spiro atoms. The van der Waals surface area contributed by atoms with E-state index in [2.05, 4.69) is 20.8 Å². The Balaban J connectivity index is 2.14. The molecule has 0 aliphatic carbocycles. The first-order chi connectivity index (χ1) is 12.9. The number of piperidine rings is 1. The summed E-state index contributed by atoms with van der Waals surface area (Å²) >= 11 is 16.4. The van der Waals surface area contributed by atoms with E-state index < -0.39 is 11.9 Å². The van der Waals surface area contributed by atoms with Gasteiger partial charge in [0.15, 0.2) is 0 Å². The van der Waals surface area contributed by atoms with E-state index in [4.69, 9.17) is 27.9 Å². The highest BCUT2D eigenvalue weighted by molar-refractivity contribution is 9.10. The molecule has 1 N–H and O–H groups in total. The first kappa shape index (κ1) is 20.5. The van der Waals surface area contributed by atoms with Crippen molar-refractivity contribution in [2.45, 2.75) is 18.9 Å². The fourth-order valence-electron chi connectivity index (χ4n) is 3.65. The molecule has 0 aromatic heterocycles. The fourth-order valence-corrected chi connectivity index (χ4v) is 4.44. The van der Waals surface area contributed by atoms with Gasteiger partial charge in [0, 0.05) is 16.6 Å². The second-order valence-corrected chi connectivity index (χ2v) is 8.31. The predicted octanol–water partition coefficient (Wildman–Crippen LogP) is 5.65. The number of halogens is 3. The highest BCUT2D eigenvalue weighted by Gasteiger charge is 2.34. The molecule has 1 aliphatic rings. The van der Waals surface area contributed by atoms with Gasteiger partial charge in [-0.1, -0.05) is 51.3 Å². The van der Waals surface area contributed by atoms with E-state index in [1.165, 1.54) is 0 Å². The number of aliphatic carboxylic acids is 1. The molecule has 3 rings (SSSR count). The number of nitrogens with zero attached hydrogens (tertiary/aromatic N) is 1. The van der Waals surface area contributed by atoms with Crippen LogP contribution in [0.4, 0.5) is 0 Å². The van der Waals surface area contributed by atoms with Crippen molar-refractivity contribution < 1.29 is 14.6 Å². The third-order valence-corrected chi connectivity index (χ3v) is 6.26. The largest absolute Gasteiger partial charge is 0.496 e. The van der Waals surface area contributed by atoms with Crippen LogP contribution in [0.15, 0.2) is 40.9 Å². The number of ether oxygens (including phenoxy) is 1. The molecule has 1 aliphatic heterocycles. The topological polar surface area (TPSA) is 49.8 Å². The van der Waals surface area contributed by atoms with E-state index in [9.17, 15) is 9.90 Å². The quantitative estimate of drug-likeness (QED) is 0.610. The SMILES string of the molecule is COc1ccc(Br)cc1C(c1cccc(Cl)c1Cl)N1CCCC(C(=O)O)C1. The van der Waals surface area contributed by atoms with Crippen molar-refractivity contribution in [3.05, 3.63) is 62.0 Å². The monoisotopic (exact) mass is 471 g/mol. The fraction of sp³-hybridized carbons (Fsp3) is 0.350. The Labute approximate surface area is 177 Å². The van der Waals surface area contributed by atoms with E-state index in [1.54, 1.807) is 13.2 Å². The van der Waals surface area contributed by atoms with Gasteiger partial charge in [0.25, 0.3) is 0 Å². The molecular formula is C20H20BrCl2NO3. The van der Waals surface area contributed by atoms with Gasteiger partial charge in [-0.15, -0.1) is 0 Å². The van der Waals surface area contributed by atoms with Crippen LogP contribution in [0.1, 0.15) is 30.0 Å². The zero-order valence-electron chi connectivity index (χ0n) is 14.8. The van der Waals surface area contributed by atoms with E-state index in [0.717, 1.165) is 34.3 Å². The molecule has 7 heteroatoms. The van der Waals surface area contributed by atoms with Crippen LogP contribution in [0, 0.1) is 5.92 Å². The maximum Gasteiger partial charge on any atom is 0.307 e. The van der Waals surface area contributed by atoms with Crippen LogP contribution in [-0.2, 0) is 4.79 Å². The molecule has 0 radical (unpaired) electrons. The van der Waals surface area contributed by atoms with Gasteiger partial charge in [0.1, 0.15) is 5.75 Å². The van der Waals surface area contributed by atoms with E-state index >= 15 is 0 Å². The number of hydrogen-bond acceptors (Lipinski definition) is 3. The summed E-state index contributed by atoms with van der Waals surface area (Å²) in [5.74, 6) is -0.453. The minimum absolute atomic E-state index is 0.259. The molecule has 2 aromatic carbocycles. The summed E-state index contributed by atoms with van der Waals surface area (Å²) in [5.41, 5.74) is 1.76. The first-order valence-electron chi connectivity index (χ1n) is 8.66. The molecule has 0 amide bonds. The zero-order valence-corrected chi connectivity index (χ0v) is 17.9. The van der Waals surface area contributed by atoms with Crippen LogP contribution in [-0.4, -0.2) is 36.2 Å². The Morgan fingerprint density at radius 1 is 1.30 bits per heavy atom. The summed E-state index contributed by atoms with van der Waals surface area (Å²) in [7, 11) is 1.62. The van der Waals surface area contributed by atoms with Crippen LogP contribution in [0.25, 0.3) is 0 Å². The summed E-state index contributed by atoms with van der Waals surface area (Å²) in [6.45, 7) is 1.21. The zero-order chi connectivity index (χ0) is 19.6. The minimum Gasteiger partial charge on any atom is -0.496 e. The lowest BCUT2D eigenvalue weighted by Crippen LogP contribution is -2.41. The maximum atomic E-state index is 11.6. The maximum absolute atomic E-state index is 11.6. The second kappa shape index (κ2) is 8.82. The molecule has 1 heterocycles. The average molecular weight is 473 g/mol. The van der Waals surface area contributed by atoms with Gasteiger partial charge in [0.2, 0.25) is 0 Å². The van der Waals surface area contributed by atoms with Crippen molar-refractivity contribution >= 4 is 45.1 Å². The molecule has 144 valence electrons. The Morgan fingerprint density at radius 2 is 2.07 bits per heavy atom. The van der Waals surface area contributed by atoms with Crippen LogP contribution >= 0.6 is 39.1 Å². The Hall–Kier alpha value is -1.27. The number of hydrogen-bond donors (Lipinski definition) is 1. The number of benzene rings is 2. The summed E-state index contributed by atoms with van der Waals surface area (Å²) < 4.78 is 6.51. The number of carbonyl (C=O) groups is 1. The molecule has 0 bridgehead atoms. The molecule has 1 fully saturated rings. The molecular weight excluding hydrogens is 453 g/mol. The molecule has 27 heavy (non-hydrogen) atoms. The molecule has 4 nitrogen and oxygen atoms in total. The minimum atomic E-state index is -0.767. The normalized spacial score (nSPS) is 18.9. The van der Waals surface area contributed by atoms with E-state index in [-0.39, 0.29) is 6.04 Å². The van der Waals surface area contributed by atoms with Crippen molar-refractivity contribution in [2.24, 2.45) is 5.92 Å². The third kappa shape index (κ3) is 4.43. The van der Waals surface area contributed by atoms with Gasteiger partial charge in [-0.05, 0) is 49.2 Å². The van der Waals surface area contributed by atoms with Crippen LogP contribution in [0.2, 0.25) is 10.0 Å². The number of carboxylic acids is 1. The number of rotatable bonds is 5. The Bertz CT molecular complexity index is 846. The Kier molecular flexibility index (Phi) is 6.69. The second-order valence-electron chi connectivity index (χ2n) is 6.60. The highest BCUT2D eigenvalue weighted by Crippen LogP contribution is 2.42. The van der Waals surface area contributed by atoms with Gasteiger partial charge in [-0.25, -0.2) is 0 Å². The van der Waals surface area contributed by atoms with E-state index in [1.807, 2.05) is 30.3 Å². The van der Waals surface area contributed by atoms with Crippen LogP contribution < -0.4 is 4.74 Å². The smallest absolute Gasteiger partial charge is 0.307 e. The van der Waals surface area contributed by atoms with Crippen molar-refractivity contribution in [3.8, 4) is 5.75 Å². The molecule has 2 aromatic rings. The molecule has 2 atom stereocenters. The first-order valence-corrected chi connectivity index (χ1v) is 10.2. The van der Waals surface area contributed by atoms with Gasteiger partial charge in [-0.3, -0.25) is 9.69 Å². The van der Waals surface area contributed by atoms with Gasteiger partial charge < -0.3 is 9.84 Å². The number of methoxy groups -OCH3 is 1. The van der Waals surface area contributed by atoms with Crippen molar-refractivity contribution in [2.75, 3.05) is 20.2 Å². The lowest BCUT2D eigenvalue weighted by atomic mass is 9.91. The van der Waals surface area contributed by atoms with Crippen molar-refractivity contribution in [1.29, 1.82) is 0 Å². The summed E-state index contributed by atoms with van der Waals surface area (Å²) in [6, 6.07) is 11.1. The van der Waals surface area contributed by atoms with Gasteiger partial charge in [0.05, 0.1) is 29.1 Å². The average Bonchev–Trinajstić information content (AvgIpc) is 2.66. The van der Waals surface area contributed by atoms with E-state index in [0.29, 0.717) is 23.0 Å². The summed E-state index contributed by atoms with van der Waals surface area (Å²) in [6.07, 6.45) is 1.49. The van der Waals surface area contributed by atoms with Gasteiger partial charge >= 0.3 is 5.97 Å². The highest BCUT2D eigenvalue weighted by atomic mass is 79.9. The lowest BCUT2D eigenvalue weighted by Gasteiger charge is -2.38. The summed E-state index contributed by atoms with van der Waals surface area (Å²) in [5, 5.41) is 10.5. The van der Waals surface area contributed by atoms with Crippen molar-refractivity contribution in [1.82, 2.24) is 4.90 Å².